The SMILES string of the molecule is NC(=NCC1(c2ccc(F)cc2)CC1)NCCc1cccs1. The van der Waals surface area contributed by atoms with Gasteiger partial charge in [0.15, 0.2) is 5.96 Å². The summed E-state index contributed by atoms with van der Waals surface area (Å²) in [7, 11) is 0. The maximum Gasteiger partial charge on any atom is 0.188 e. The quantitative estimate of drug-likeness (QED) is 0.635. The second-order valence-corrected chi connectivity index (χ2v) is 6.78. The predicted molar refractivity (Wildman–Crippen MR) is 89.8 cm³/mol. The first kappa shape index (κ1) is 15.0. The molecule has 22 heavy (non-hydrogen) atoms. The first-order chi connectivity index (χ1) is 10.7. The molecule has 3 rings (SSSR count). The number of hydrogen-bond acceptors (Lipinski definition) is 2. The number of thiophene rings is 1. The fourth-order valence-corrected chi connectivity index (χ4v) is 3.26. The second kappa shape index (κ2) is 6.48. The molecule has 1 fully saturated rings. The van der Waals surface area contributed by atoms with Crippen LogP contribution in [0.25, 0.3) is 0 Å². The summed E-state index contributed by atoms with van der Waals surface area (Å²) < 4.78 is 13.0. The third-order valence-electron chi connectivity index (χ3n) is 4.12. The molecule has 3 N–H and O–H groups in total. The van der Waals surface area contributed by atoms with Crippen LogP contribution in [-0.2, 0) is 11.8 Å². The van der Waals surface area contributed by atoms with Crippen LogP contribution in [-0.4, -0.2) is 19.0 Å². The Labute approximate surface area is 134 Å². The Morgan fingerprint density at radius 1 is 1.27 bits per heavy atom. The van der Waals surface area contributed by atoms with E-state index in [1.54, 1.807) is 11.3 Å². The largest absolute Gasteiger partial charge is 0.370 e. The maximum absolute atomic E-state index is 13.0. The number of guanidine groups is 1. The summed E-state index contributed by atoms with van der Waals surface area (Å²) in [4.78, 5) is 5.81. The summed E-state index contributed by atoms with van der Waals surface area (Å²) >= 11 is 1.75. The van der Waals surface area contributed by atoms with Gasteiger partial charge in [0.05, 0.1) is 6.54 Å². The Morgan fingerprint density at radius 2 is 2.05 bits per heavy atom. The van der Waals surface area contributed by atoms with Crippen molar-refractivity contribution < 1.29 is 4.39 Å². The van der Waals surface area contributed by atoms with Gasteiger partial charge in [-0.25, -0.2) is 4.39 Å². The lowest BCUT2D eigenvalue weighted by Crippen LogP contribution is -2.34. The third-order valence-corrected chi connectivity index (χ3v) is 5.06. The van der Waals surface area contributed by atoms with Crippen molar-refractivity contribution in [2.45, 2.75) is 24.7 Å². The van der Waals surface area contributed by atoms with Crippen LogP contribution in [0.3, 0.4) is 0 Å². The number of nitrogens with one attached hydrogen (secondary N) is 1. The number of nitrogens with zero attached hydrogens (tertiary/aromatic N) is 1. The molecular weight excluding hydrogens is 297 g/mol. The topological polar surface area (TPSA) is 50.4 Å². The first-order valence-electron chi connectivity index (χ1n) is 7.50. The molecule has 1 aliphatic rings. The van der Waals surface area contributed by atoms with Gasteiger partial charge >= 0.3 is 0 Å². The Bertz CT molecular complexity index is 630. The molecule has 116 valence electrons. The number of halogens is 1. The lowest BCUT2D eigenvalue weighted by molar-refractivity contribution is 0.623. The molecule has 0 amide bonds. The zero-order chi connectivity index (χ0) is 15.4. The Hall–Kier alpha value is -1.88. The highest BCUT2D eigenvalue weighted by atomic mass is 32.1. The molecule has 5 heteroatoms. The van der Waals surface area contributed by atoms with Crippen molar-refractivity contribution in [2.24, 2.45) is 10.7 Å². The minimum absolute atomic E-state index is 0.0632. The van der Waals surface area contributed by atoms with Crippen molar-refractivity contribution in [3.63, 3.8) is 0 Å². The second-order valence-electron chi connectivity index (χ2n) is 5.74. The standard InChI is InChI=1S/C17H20FN3S/c18-14-5-3-13(4-6-14)17(8-9-17)12-21-16(19)20-10-7-15-2-1-11-22-15/h1-6,11H,7-10,12H2,(H3,19,20,21). The Kier molecular flexibility index (Phi) is 4.43. The monoisotopic (exact) mass is 317 g/mol. The van der Waals surface area contributed by atoms with Crippen molar-refractivity contribution in [1.29, 1.82) is 0 Å². The molecule has 3 nitrogen and oxygen atoms in total. The van der Waals surface area contributed by atoms with Gasteiger partial charge in [0.1, 0.15) is 5.82 Å². The number of benzene rings is 1. The van der Waals surface area contributed by atoms with E-state index < -0.39 is 0 Å². The average molecular weight is 317 g/mol. The molecule has 1 heterocycles. The van der Waals surface area contributed by atoms with Gasteiger partial charge in [0.2, 0.25) is 0 Å². The summed E-state index contributed by atoms with van der Waals surface area (Å²) in [5, 5.41) is 5.23. The van der Waals surface area contributed by atoms with Crippen molar-refractivity contribution in [2.75, 3.05) is 13.1 Å². The van der Waals surface area contributed by atoms with Gasteiger partial charge in [-0.3, -0.25) is 4.99 Å². The van der Waals surface area contributed by atoms with E-state index in [4.69, 9.17) is 5.73 Å². The zero-order valence-electron chi connectivity index (χ0n) is 12.4. The molecule has 1 aromatic heterocycles. The number of rotatable bonds is 6. The predicted octanol–water partition coefficient (Wildman–Crippen LogP) is 3.07. The van der Waals surface area contributed by atoms with E-state index in [9.17, 15) is 4.39 Å². The summed E-state index contributed by atoms with van der Waals surface area (Å²) in [5.41, 5.74) is 7.15. The van der Waals surface area contributed by atoms with E-state index >= 15 is 0 Å². The van der Waals surface area contributed by atoms with E-state index in [0.717, 1.165) is 31.4 Å². The molecule has 0 radical (unpaired) electrons. The van der Waals surface area contributed by atoms with Crippen LogP contribution in [0, 0.1) is 5.82 Å². The average Bonchev–Trinajstić information content (AvgIpc) is 3.13. The molecule has 2 aromatic rings. The number of aliphatic imine (C=N–C) groups is 1. The summed E-state index contributed by atoms with van der Waals surface area (Å²) in [6.45, 7) is 1.45. The van der Waals surface area contributed by atoms with Crippen LogP contribution in [0.4, 0.5) is 4.39 Å². The van der Waals surface area contributed by atoms with Crippen molar-refractivity contribution in [3.05, 3.63) is 58.0 Å². The molecule has 0 unspecified atom stereocenters. The van der Waals surface area contributed by atoms with Gasteiger partial charge in [-0.1, -0.05) is 18.2 Å². The highest BCUT2D eigenvalue weighted by molar-refractivity contribution is 7.09. The minimum Gasteiger partial charge on any atom is -0.370 e. The molecule has 0 spiro atoms. The van der Waals surface area contributed by atoms with Crippen LogP contribution in [0.5, 0.6) is 0 Å². The lowest BCUT2D eigenvalue weighted by atomic mass is 9.96. The van der Waals surface area contributed by atoms with Gasteiger partial charge < -0.3 is 11.1 Å². The Morgan fingerprint density at radius 3 is 2.68 bits per heavy atom. The highest BCUT2D eigenvalue weighted by Gasteiger charge is 2.44. The Balaban J connectivity index is 1.51. The van der Waals surface area contributed by atoms with E-state index in [-0.39, 0.29) is 11.2 Å². The molecule has 0 aliphatic heterocycles. The van der Waals surface area contributed by atoms with E-state index in [1.807, 2.05) is 12.1 Å². The van der Waals surface area contributed by atoms with Crippen LogP contribution in [0.1, 0.15) is 23.3 Å². The van der Waals surface area contributed by atoms with Crippen molar-refractivity contribution >= 4 is 17.3 Å². The molecule has 1 aromatic carbocycles. The zero-order valence-corrected chi connectivity index (χ0v) is 13.2. The van der Waals surface area contributed by atoms with Gasteiger partial charge in [-0.2, -0.15) is 0 Å². The summed E-state index contributed by atoms with van der Waals surface area (Å²) in [6, 6.07) is 10.9. The van der Waals surface area contributed by atoms with E-state index in [0.29, 0.717) is 12.5 Å². The minimum atomic E-state index is -0.196. The maximum atomic E-state index is 13.0. The van der Waals surface area contributed by atoms with Crippen LogP contribution >= 0.6 is 11.3 Å². The summed E-state index contributed by atoms with van der Waals surface area (Å²) in [5.74, 6) is 0.294. The van der Waals surface area contributed by atoms with Gasteiger partial charge in [0.25, 0.3) is 0 Å². The molecule has 0 saturated heterocycles. The van der Waals surface area contributed by atoms with E-state index in [1.165, 1.54) is 17.0 Å². The van der Waals surface area contributed by atoms with Crippen LogP contribution in [0.15, 0.2) is 46.8 Å². The van der Waals surface area contributed by atoms with Crippen molar-refractivity contribution in [1.82, 2.24) is 5.32 Å². The van der Waals surface area contributed by atoms with Gasteiger partial charge in [0, 0.05) is 16.8 Å². The smallest absolute Gasteiger partial charge is 0.188 e. The molecular formula is C17H20FN3S. The third kappa shape index (κ3) is 3.65. The fourth-order valence-electron chi connectivity index (χ4n) is 2.55. The normalized spacial score (nSPS) is 16.5. The van der Waals surface area contributed by atoms with E-state index in [2.05, 4.69) is 27.8 Å². The van der Waals surface area contributed by atoms with Crippen molar-refractivity contribution in [3.8, 4) is 0 Å². The molecule has 0 atom stereocenters. The van der Waals surface area contributed by atoms with Gasteiger partial charge in [-0.15, -0.1) is 11.3 Å². The van der Waals surface area contributed by atoms with Crippen LogP contribution < -0.4 is 11.1 Å². The number of nitrogens with two attached hydrogens (primary N) is 1. The highest BCUT2D eigenvalue weighted by Crippen LogP contribution is 2.48. The fraction of sp³-hybridized carbons (Fsp3) is 0.353. The summed E-state index contributed by atoms with van der Waals surface area (Å²) in [6.07, 6.45) is 3.13. The van der Waals surface area contributed by atoms with Crippen LogP contribution in [0.2, 0.25) is 0 Å². The molecule has 1 saturated carbocycles. The van der Waals surface area contributed by atoms with Gasteiger partial charge in [-0.05, 0) is 48.4 Å². The molecule has 0 bridgehead atoms. The number of hydrogen-bond donors (Lipinski definition) is 2. The lowest BCUT2D eigenvalue weighted by Gasteiger charge is -2.13. The first-order valence-corrected chi connectivity index (χ1v) is 8.38. The molecule has 1 aliphatic carbocycles.